The highest BCUT2D eigenvalue weighted by molar-refractivity contribution is 7.31. The summed E-state index contributed by atoms with van der Waals surface area (Å²) in [5.41, 5.74) is 4.24. The SMILES string of the molecule is Cc1c[pH]c(C2=[C]CC=C2)c1C. The molecule has 2 rings (SSSR count). The lowest BCUT2D eigenvalue weighted by atomic mass is 10.1. The molecule has 0 aromatic carbocycles. The van der Waals surface area contributed by atoms with Crippen LogP contribution in [-0.4, -0.2) is 0 Å². The van der Waals surface area contributed by atoms with E-state index in [1.54, 1.807) is 0 Å². The summed E-state index contributed by atoms with van der Waals surface area (Å²) in [5, 5.41) is 1.50. The Hall–Kier alpha value is -0.740. The molecule has 0 aliphatic heterocycles. The molecular formula is C11H12P. The Morgan fingerprint density at radius 3 is 2.75 bits per heavy atom. The van der Waals surface area contributed by atoms with Crippen LogP contribution in [0.15, 0.2) is 18.0 Å². The van der Waals surface area contributed by atoms with Crippen LogP contribution in [-0.2, 0) is 0 Å². The third-order valence-electron chi connectivity index (χ3n) is 2.36. The number of hydrogen-bond acceptors (Lipinski definition) is 0. The number of hydrogen-bond donors (Lipinski definition) is 0. The van der Waals surface area contributed by atoms with Gasteiger partial charge in [-0.3, -0.25) is 0 Å². The second kappa shape index (κ2) is 2.95. The second-order valence-electron chi connectivity index (χ2n) is 3.17. The maximum Gasteiger partial charge on any atom is 0.00165 e. The Balaban J connectivity index is 2.46. The monoisotopic (exact) mass is 175 g/mol. The molecule has 1 heteroatoms. The molecule has 1 aliphatic carbocycles. The van der Waals surface area contributed by atoms with E-state index in [2.05, 4.69) is 37.9 Å². The lowest BCUT2D eigenvalue weighted by Gasteiger charge is -1.98. The summed E-state index contributed by atoms with van der Waals surface area (Å²) >= 11 is 0. The van der Waals surface area contributed by atoms with Crippen molar-refractivity contribution < 1.29 is 0 Å². The maximum atomic E-state index is 3.37. The van der Waals surface area contributed by atoms with Crippen LogP contribution in [0, 0.1) is 19.9 Å². The van der Waals surface area contributed by atoms with Gasteiger partial charge in [0.2, 0.25) is 0 Å². The van der Waals surface area contributed by atoms with Gasteiger partial charge < -0.3 is 0 Å². The standard InChI is InChI=1S/C11H12P/c1-8-7-12-11(9(8)2)10-5-3-4-6-10/h3,5,7,12H,4H2,1-2H3. The molecule has 1 radical (unpaired) electrons. The number of aryl methyl sites for hydroxylation is 1. The quantitative estimate of drug-likeness (QED) is 0.613. The third-order valence-corrected chi connectivity index (χ3v) is 3.87. The van der Waals surface area contributed by atoms with Crippen molar-refractivity contribution in [1.82, 2.24) is 0 Å². The lowest BCUT2D eigenvalue weighted by Crippen LogP contribution is -1.78. The molecule has 61 valence electrons. The van der Waals surface area contributed by atoms with Crippen LogP contribution >= 0.6 is 8.19 Å². The minimum atomic E-state index is 0.861. The summed E-state index contributed by atoms with van der Waals surface area (Å²) in [6.07, 6.45) is 8.73. The molecule has 0 nitrogen and oxygen atoms in total. The smallest absolute Gasteiger partial charge is 0.00165 e. The van der Waals surface area contributed by atoms with E-state index in [1.165, 1.54) is 22.0 Å². The third kappa shape index (κ3) is 1.17. The fourth-order valence-corrected chi connectivity index (χ4v) is 2.77. The zero-order valence-electron chi connectivity index (χ0n) is 7.44. The van der Waals surface area contributed by atoms with Crippen LogP contribution in [0.3, 0.4) is 0 Å². The van der Waals surface area contributed by atoms with Crippen molar-refractivity contribution in [1.29, 1.82) is 0 Å². The summed E-state index contributed by atoms with van der Waals surface area (Å²) < 4.78 is 0. The Morgan fingerprint density at radius 1 is 1.42 bits per heavy atom. The summed E-state index contributed by atoms with van der Waals surface area (Å²) in [5.74, 6) is 2.32. The largest absolute Gasteiger partial charge is 0.131 e. The first-order chi connectivity index (χ1) is 5.79. The van der Waals surface area contributed by atoms with Gasteiger partial charge in [0.05, 0.1) is 0 Å². The van der Waals surface area contributed by atoms with Gasteiger partial charge in [-0.05, 0) is 48.8 Å². The van der Waals surface area contributed by atoms with Crippen molar-refractivity contribution in [2.24, 2.45) is 0 Å². The van der Waals surface area contributed by atoms with Crippen molar-refractivity contribution >= 4 is 13.8 Å². The average molecular weight is 175 g/mol. The molecule has 1 atom stereocenters. The predicted molar refractivity (Wildman–Crippen MR) is 55.8 cm³/mol. The zero-order valence-corrected chi connectivity index (χ0v) is 8.44. The van der Waals surface area contributed by atoms with Gasteiger partial charge in [0.1, 0.15) is 0 Å². The minimum absolute atomic E-state index is 0.861. The summed E-state index contributed by atoms with van der Waals surface area (Å²) in [7, 11) is 0.861. The van der Waals surface area contributed by atoms with Gasteiger partial charge in [0.15, 0.2) is 0 Å². The van der Waals surface area contributed by atoms with Gasteiger partial charge >= 0.3 is 0 Å². The molecular weight excluding hydrogens is 163 g/mol. The van der Waals surface area contributed by atoms with Gasteiger partial charge in [-0.1, -0.05) is 12.2 Å². The van der Waals surface area contributed by atoms with E-state index in [0.29, 0.717) is 0 Å². The van der Waals surface area contributed by atoms with E-state index >= 15 is 0 Å². The van der Waals surface area contributed by atoms with E-state index < -0.39 is 0 Å². The number of allylic oxidation sites excluding steroid dienone is 4. The first-order valence-corrected chi connectivity index (χ1v) is 5.29. The van der Waals surface area contributed by atoms with Crippen LogP contribution in [0.25, 0.3) is 5.57 Å². The van der Waals surface area contributed by atoms with Gasteiger partial charge in [-0.25, -0.2) is 0 Å². The van der Waals surface area contributed by atoms with Gasteiger partial charge in [-0.2, -0.15) is 0 Å². The molecule has 1 aromatic heterocycles. The van der Waals surface area contributed by atoms with E-state index in [-0.39, 0.29) is 0 Å². The lowest BCUT2D eigenvalue weighted by molar-refractivity contribution is 1.38. The van der Waals surface area contributed by atoms with E-state index in [9.17, 15) is 0 Å². The highest BCUT2D eigenvalue weighted by atomic mass is 31.0. The van der Waals surface area contributed by atoms with Crippen molar-refractivity contribution in [2.45, 2.75) is 20.3 Å². The van der Waals surface area contributed by atoms with Crippen LogP contribution in [0.2, 0.25) is 0 Å². The summed E-state index contributed by atoms with van der Waals surface area (Å²) in [4.78, 5) is 0. The Morgan fingerprint density at radius 2 is 2.25 bits per heavy atom. The molecule has 0 saturated carbocycles. The molecule has 0 spiro atoms. The Kier molecular flexibility index (Phi) is 1.94. The van der Waals surface area contributed by atoms with Gasteiger partial charge in [0, 0.05) is 5.30 Å². The van der Waals surface area contributed by atoms with E-state index in [0.717, 1.165) is 14.6 Å². The molecule has 0 N–H and O–H groups in total. The molecule has 0 fully saturated rings. The molecule has 1 heterocycles. The normalized spacial score (nSPS) is 16.0. The molecule has 0 saturated heterocycles. The van der Waals surface area contributed by atoms with Crippen LogP contribution in [0.1, 0.15) is 22.8 Å². The first-order valence-electron chi connectivity index (χ1n) is 4.21. The highest BCUT2D eigenvalue weighted by Gasteiger charge is 2.07. The van der Waals surface area contributed by atoms with Gasteiger partial charge in [-0.15, -0.1) is 8.19 Å². The average Bonchev–Trinajstić information content (AvgIpc) is 2.64. The van der Waals surface area contributed by atoms with Gasteiger partial charge in [0.25, 0.3) is 0 Å². The summed E-state index contributed by atoms with van der Waals surface area (Å²) in [6, 6.07) is 0. The highest BCUT2D eigenvalue weighted by Crippen LogP contribution is 2.34. The fraction of sp³-hybridized carbons (Fsp3) is 0.273. The maximum absolute atomic E-state index is 3.37. The van der Waals surface area contributed by atoms with E-state index in [4.69, 9.17) is 0 Å². The Bertz CT molecular complexity index is 353. The zero-order chi connectivity index (χ0) is 8.55. The minimum Gasteiger partial charge on any atom is -0.131 e. The Labute approximate surface area is 75.1 Å². The first kappa shape index (κ1) is 7.89. The van der Waals surface area contributed by atoms with Crippen LogP contribution < -0.4 is 0 Å². The van der Waals surface area contributed by atoms with Crippen molar-refractivity contribution in [3.63, 3.8) is 0 Å². The second-order valence-corrected chi connectivity index (χ2v) is 4.25. The molecule has 12 heavy (non-hydrogen) atoms. The fourth-order valence-electron chi connectivity index (χ4n) is 1.45. The van der Waals surface area contributed by atoms with Crippen molar-refractivity contribution in [2.75, 3.05) is 0 Å². The molecule has 0 amide bonds. The molecule has 1 aliphatic rings. The topological polar surface area (TPSA) is 0 Å². The summed E-state index contributed by atoms with van der Waals surface area (Å²) in [6.45, 7) is 4.40. The van der Waals surface area contributed by atoms with Crippen LogP contribution in [0.4, 0.5) is 0 Å². The van der Waals surface area contributed by atoms with Crippen molar-refractivity contribution in [3.05, 3.63) is 40.4 Å². The van der Waals surface area contributed by atoms with Crippen molar-refractivity contribution in [3.8, 4) is 0 Å². The molecule has 1 unspecified atom stereocenters. The van der Waals surface area contributed by atoms with E-state index in [1.807, 2.05) is 0 Å². The molecule has 1 aromatic rings. The number of rotatable bonds is 1. The molecule has 0 bridgehead atoms. The predicted octanol–water partition coefficient (Wildman–Crippen LogP) is 3.48. The van der Waals surface area contributed by atoms with Crippen LogP contribution in [0.5, 0.6) is 0 Å².